The van der Waals surface area contributed by atoms with Gasteiger partial charge in [0.25, 0.3) is 0 Å². The average molecular weight is 390 g/mol. The number of nitrogens with one attached hydrogen (secondary N) is 1. The summed E-state index contributed by atoms with van der Waals surface area (Å²) in [7, 11) is 0. The smallest absolute Gasteiger partial charge is 0.322 e. The molecule has 0 bridgehead atoms. The number of rotatable bonds is 4. The number of likely N-dealkylation sites (tertiary alicyclic amines) is 1. The van der Waals surface area contributed by atoms with Gasteiger partial charge >= 0.3 is 6.03 Å². The topological polar surface area (TPSA) is 71.3 Å². The number of carbonyl (C=O) groups excluding carboxylic acids is 1. The minimum Gasteiger partial charge on any atom is -0.337 e. The van der Waals surface area contributed by atoms with Crippen LogP contribution in [0.25, 0.3) is 11.4 Å². The predicted molar refractivity (Wildman–Crippen MR) is 113 cm³/mol. The first-order valence-electron chi connectivity index (χ1n) is 10.2. The zero-order valence-corrected chi connectivity index (χ0v) is 16.9. The number of aryl methyl sites for hydroxylation is 2. The fourth-order valence-corrected chi connectivity index (χ4v) is 3.64. The number of hydrogen-bond donors (Lipinski definition) is 1. The lowest BCUT2D eigenvalue weighted by Crippen LogP contribution is -2.41. The van der Waals surface area contributed by atoms with E-state index in [2.05, 4.69) is 22.4 Å². The number of hydrogen-bond acceptors (Lipinski definition) is 4. The van der Waals surface area contributed by atoms with Crippen molar-refractivity contribution in [3.63, 3.8) is 0 Å². The highest BCUT2D eigenvalue weighted by Crippen LogP contribution is 2.31. The van der Waals surface area contributed by atoms with Gasteiger partial charge in [0.15, 0.2) is 0 Å². The van der Waals surface area contributed by atoms with E-state index in [4.69, 9.17) is 4.52 Å². The molecule has 0 radical (unpaired) electrons. The van der Waals surface area contributed by atoms with Crippen molar-refractivity contribution in [3.05, 3.63) is 65.5 Å². The molecule has 4 rings (SSSR count). The van der Waals surface area contributed by atoms with Crippen LogP contribution in [0, 0.1) is 6.92 Å². The van der Waals surface area contributed by atoms with E-state index in [-0.39, 0.29) is 12.1 Å². The molecule has 1 aliphatic rings. The summed E-state index contributed by atoms with van der Waals surface area (Å²) in [5.41, 5.74) is 4.13. The van der Waals surface area contributed by atoms with Gasteiger partial charge in [-0.15, -0.1) is 0 Å². The van der Waals surface area contributed by atoms with Crippen molar-refractivity contribution in [2.75, 3.05) is 11.9 Å². The Morgan fingerprint density at radius 1 is 1.14 bits per heavy atom. The summed E-state index contributed by atoms with van der Waals surface area (Å²) < 4.78 is 5.57. The molecule has 0 aliphatic carbocycles. The van der Waals surface area contributed by atoms with Crippen molar-refractivity contribution in [3.8, 4) is 11.4 Å². The molecule has 2 heterocycles. The van der Waals surface area contributed by atoms with Crippen LogP contribution in [-0.2, 0) is 6.42 Å². The van der Waals surface area contributed by atoms with Crippen molar-refractivity contribution < 1.29 is 9.32 Å². The Bertz CT molecular complexity index is 963. The number of amides is 2. The van der Waals surface area contributed by atoms with E-state index in [0.29, 0.717) is 18.3 Å². The Kier molecular flexibility index (Phi) is 5.60. The van der Waals surface area contributed by atoms with Gasteiger partial charge in [-0.1, -0.05) is 54.0 Å². The molecule has 1 aromatic heterocycles. The molecule has 6 heteroatoms. The lowest BCUT2D eigenvalue weighted by Gasteiger charge is -2.33. The zero-order chi connectivity index (χ0) is 20.2. The number of piperidine rings is 1. The van der Waals surface area contributed by atoms with Crippen molar-refractivity contribution in [1.29, 1.82) is 0 Å². The molecular weight excluding hydrogens is 364 g/mol. The second-order valence-electron chi connectivity index (χ2n) is 7.51. The van der Waals surface area contributed by atoms with E-state index in [9.17, 15) is 4.79 Å². The van der Waals surface area contributed by atoms with E-state index in [1.165, 1.54) is 11.1 Å². The van der Waals surface area contributed by atoms with E-state index >= 15 is 0 Å². The quantitative estimate of drug-likeness (QED) is 0.650. The third kappa shape index (κ3) is 4.31. The Morgan fingerprint density at radius 2 is 1.90 bits per heavy atom. The first-order chi connectivity index (χ1) is 14.1. The van der Waals surface area contributed by atoms with Gasteiger partial charge in [0.2, 0.25) is 11.7 Å². The number of aromatic nitrogens is 2. The van der Waals surface area contributed by atoms with E-state index in [0.717, 1.165) is 36.9 Å². The second-order valence-corrected chi connectivity index (χ2v) is 7.51. The van der Waals surface area contributed by atoms with E-state index < -0.39 is 0 Å². The van der Waals surface area contributed by atoms with Gasteiger partial charge in [-0.3, -0.25) is 0 Å². The van der Waals surface area contributed by atoms with Crippen LogP contribution in [0.15, 0.2) is 53.1 Å². The summed E-state index contributed by atoms with van der Waals surface area (Å²) in [4.78, 5) is 19.4. The van der Waals surface area contributed by atoms with Crippen LogP contribution in [0.4, 0.5) is 10.5 Å². The van der Waals surface area contributed by atoms with Crippen molar-refractivity contribution in [2.45, 2.75) is 45.6 Å². The lowest BCUT2D eigenvalue weighted by molar-refractivity contribution is 0.142. The summed E-state index contributed by atoms with van der Waals surface area (Å²) in [5.74, 6) is 1.05. The molecule has 2 amide bonds. The third-order valence-electron chi connectivity index (χ3n) is 5.41. The molecule has 1 fully saturated rings. The molecule has 0 saturated carbocycles. The Labute approximate surface area is 170 Å². The van der Waals surface area contributed by atoms with Gasteiger partial charge in [0.05, 0.1) is 0 Å². The maximum atomic E-state index is 12.9. The first kappa shape index (κ1) is 19.2. The molecule has 29 heavy (non-hydrogen) atoms. The maximum Gasteiger partial charge on any atom is 0.322 e. The number of anilines is 1. The maximum absolute atomic E-state index is 12.9. The largest absolute Gasteiger partial charge is 0.337 e. The van der Waals surface area contributed by atoms with Crippen LogP contribution in [0.2, 0.25) is 0 Å². The van der Waals surface area contributed by atoms with Crippen molar-refractivity contribution >= 4 is 11.7 Å². The van der Waals surface area contributed by atoms with Gasteiger partial charge in [0, 0.05) is 17.8 Å². The van der Waals surface area contributed by atoms with Crippen LogP contribution >= 0.6 is 0 Å². The first-order valence-corrected chi connectivity index (χ1v) is 10.2. The molecule has 1 saturated heterocycles. The molecule has 3 aromatic rings. The number of benzene rings is 2. The average Bonchev–Trinajstić information content (AvgIpc) is 3.25. The number of nitrogens with zero attached hydrogens (tertiary/aromatic N) is 3. The predicted octanol–water partition coefficient (Wildman–Crippen LogP) is 5.37. The minimum atomic E-state index is -0.203. The second kappa shape index (κ2) is 8.47. The summed E-state index contributed by atoms with van der Waals surface area (Å²) in [6.45, 7) is 4.83. The monoisotopic (exact) mass is 390 g/mol. The van der Waals surface area contributed by atoms with Gasteiger partial charge in [0.1, 0.15) is 6.04 Å². The minimum absolute atomic E-state index is 0.131. The molecule has 2 aromatic carbocycles. The molecule has 1 unspecified atom stereocenters. The van der Waals surface area contributed by atoms with Crippen LogP contribution in [0.1, 0.15) is 49.2 Å². The van der Waals surface area contributed by atoms with Crippen LogP contribution in [-0.4, -0.2) is 27.6 Å². The van der Waals surface area contributed by atoms with Crippen molar-refractivity contribution in [1.82, 2.24) is 15.0 Å². The highest BCUT2D eigenvalue weighted by atomic mass is 16.5. The Hall–Kier alpha value is -3.15. The number of urea groups is 1. The standard InChI is InChI=1S/C23H26N4O2/c1-3-17-9-13-19(14-10-17)24-23(28)27-15-5-4-6-20(27)22-25-21(26-29-22)18-11-7-16(2)8-12-18/h7-14,20H,3-6,15H2,1-2H3,(H,24,28). The van der Waals surface area contributed by atoms with E-state index in [1.54, 1.807) is 0 Å². The lowest BCUT2D eigenvalue weighted by atomic mass is 10.0. The Balaban J connectivity index is 1.51. The summed E-state index contributed by atoms with van der Waals surface area (Å²) in [6, 6.07) is 15.6. The summed E-state index contributed by atoms with van der Waals surface area (Å²) >= 11 is 0. The molecule has 1 aliphatic heterocycles. The fourth-order valence-electron chi connectivity index (χ4n) is 3.64. The molecule has 150 valence electrons. The van der Waals surface area contributed by atoms with Crippen LogP contribution in [0.5, 0.6) is 0 Å². The highest BCUT2D eigenvalue weighted by molar-refractivity contribution is 5.89. The third-order valence-corrected chi connectivity index (χ3v) is 5.41. The van der Waals surface area contributed by atoms with Crippen LogP contribution < -0.4 is 5.32 Å². The molecule has 1 N–H and O–H groups in total. The highest BCUT2D eigenvalue weighted by Gasteiger charge is 2.32. The zero-order valence-electron chi connectivity index (χ0n) is 16.9. The van der Waals surface area contributed by atoms with Crippen LogP contribution in [0.3, 0.4) is 0 Å². The van der Waals surface area contributed by atoms with Gasteiger partial charge in [-0.25, -0.2) is 4.79 Å². The van der Waals surface area contributed by atoms with E-state index in [1.807, 2.05) is 60.4 Å². The summed E-state index contributed by atoms with van der Waals surface area (Å²) in [6.07, 6.45) is 3.79. The number of carbonyl (C=O) groups is 1. The summed E-state index contributed by atoms with van der Waals surface area (Å²) in [5, 5.41) is 7.15. The van der Waals surface area contributed by atoms with Gasteiger partial charge in [-0.2, -0.15) is 4.98 Å². The SMILES string of the molecule is CCc1ccc(NC(=O)N2CCCCC2c2nc(-c3ccc(C)cc3)no2)cc1. The molecule has 1 atom stereocenters. The molecular formula is C23H26N4O2. The van der Waals surface area contributed by atoms with Crippen molar-refractivity contribution in [2.24, 2.45) is 0 Å². The van der Waals surface area contributed by atoms with Gasteiger partial charge < -0.3 is 14.7 Å². The molecule has 0 spiro atoms. The normalized spacial score (nSPS) is 16.6. The Morgan fingerprint density at radius 3 is 2.62 bits per heavy atom. The molecule has 6 nitrogen and oxygen atoms in total. The fraction of sp³-hybridized carbons (Fsp3) is 0.348. The van der Waals surface area contributed by atoms with Gasteiger partial charge in [-0.05, 0) is 50.3 Å².